The van der Waals surface area contributed by atoms with Crippen LogP contribution in [0.25, 0.3) is 0 Å². The van der Waals surface area contributed by atoms with Crippen LogP contribution < -0.4 is 19.5 Å². The van der Waals surface area contributed by atoms with Gasteiger partial charge in [0.15, 0.2) is 11.6 Å². The van der Waals surface area contributed by atoms with Gasteiger partial charge in [-0.25, -0.2) is 8.78 Å². The van der Waals surface area contributed by atoms with E-state index in [0.29, 0.717) is 30.8 Å². The molecular weight excluding hydrogens is 558 g/mol. The fourth-order valence-electron chi connectivity index (χ4n) is 6.33. The van der Waals surface area contributed by atoms with Crippen molar-refractivity contribution in [1.29, 1.82) is 0 Å². The number of aliphatic carboxylic acids is 1. The fraction of sp³-hybridized carbons (Fsp3) is 0.394. The number of fused-ring (bicyclic) bond motifs is 1. The average Bonchev–Trinajstić information content (AvgIpc) is 3.59. The Labute approximate surface area is 249 Å². The van der Waals surface area contributed by atoms with Crippen molar-refractivity contribution in [3.8, 4) is 17.2 Å². The van der Waals surface area contributed by atoms with Gasteiger partial charge < -0.3 is 24.6 Å². The van der Waals surface area contributed by atoms with Gasteiger partial charge in [-0.15, -0.1) is 0 Å². The first-order valence-corrected chi connectivity index (χ1v) is 14.5. The summed E-state index contributed by atoms with van der Waals surface area (Å²) in [5.74, 6) is -4.38. The lowest BCUT2D eigenvalue weighted by Gasteiger charge is -2.27. The molecule has 43 heavy (non-hydrogen) atoms. The van der Waals surface area contributed by atoms with Crippen LogP contribution in [0.5, 0.6) is 17.2 Å². The lowest BCUT2D eigenvalue weighted by Crippen LogP contribution is -2.36. The van der Waals surface area contributed by atoms with E-state index in [4.69, 9.17) is 14.2 Å². The quantitative estimate of drug-likeness (QED) is 0.297. The molecule has 0 spiro atoms. The molecule has 8 nitrogen and oxygen atoms in total. The molecule has 1 saturated heterocycles. The van der Waals surface area contributed by atoms with Gasteiger partial charge in [-0.2, -0.15) is 0 Å². The first kappa shape index (κ1) is 30.3. The summed E-state index contributed by atoms with van der Waals surface area (Å²) >= 11 is 0. The van der Waals surface area contributed by atoms with Crippen LogP contribution in [0.3, 0.4) is 0 Å². The predicted molar refractivity (Wildman–Crippen MR) is 157 cm³/mol. The molecule has 0 saturated carbocycles. The smallest absolute Gasteiger partial charge is 0.309 e. The van der Waals surface area contributed by atoms with Crippen LogP contribution in [0.2, 0.25) is 0 Å². The zero-order valence-electron chi connectivity index (χ0n) is 24.7. The normalized spacial score (nSPS) is 19.4. The molecule has 0 radical (unpaired) electrons. The van der Waals surface area contributed by atoms with Gasteiger partial charge in [-0.3, -0.25) is 14.5 Å². The number of nitrogens with one attached hydrogen (secondary N) is 1. The van der Waals surface area contributed by atoms with E-state index < -0.39 is 35.5 Å². The molecule has 2 N–H and O–H groups in total. The molecule has 0 bridgehead atoms. The number of carbonyl (C=O) groups excluding carboxylic acids is 1. The largest absolute Gasteiger partial charge is 0.494 e. The molecule has 3 aromatic rings. The number of nitrogens with zero attached hydrogens (tertiary/aromatic N) is 1. The van der Waals surface area contributed by atoms with Crippen LogP contribution in [0.15, 0.2) is 42.5 Å². The summed E-state index contributed by atoms with van der Waals surface area (Å²) in [5.41, 5.74) is 4.32. The SMILES string of the molecule is CCOc1ccc([C@H]2C(C(=O)O)[C@@H](c3cc(F)c4c(c3)OCO4)CN2CC(=O)Nc2c(CC)cc(C)cc2CC)c(F)c1. The zero-order valence-corrected chi connectivity index (χ0v) is 24.7. The van der Waals surface area contributed by atoms with E-state index in [1.807, 2.05) is 32.9 Å². The molecule has 0 aliphatic carbocycles. The number of halogens is 2. The van der Waals surface area contributed by atoms with Crippen molar-refractivity contribution in [1.82, 2.24) is 4.90 Å². The third-order valence-corrected chi connectivity index (χ3v) is 8.18. The first-order chi connectivity index (χ1) is 20.6. The lowest BCUT2D eigenvalue weighted by molar-refractivity contribution is -0.143. The second-order valence-corrected chi connectivity index (χ2v) is 10.9. The van der Waals surface area contributed by atoms with Crippen molar-refractivity contribution >= 4 is 17.6 Å². The Morgan fingerprint density at radius 3 is 2.37 bits per heavy atom. The molecule has 2 heterocycles. The average molecular weight is 595 g/mol. The Morgan fingerprint density at radius 2 is 1.74 bits per heavy atom. The molecular formula is C33H36F2N2O6. The van der Waals surface area contributed by atoms with Gasteiger partial charge in [-0.05, 0) is 61.6 Å². The van der Waals surface area contributed by atoms with Gasteiger partial charge in [0.05, 0.1) is 25.1 Å². The Bertz CT molecular complexity index is 1520. The van der Waals surface area contributed by atoms with Crippen molar-refractivity contribution in [2.45, 2.75) is 52.5 Å². The summed E-state index contributed by atoms with van der Waals surface area (Å²) < 4.78 is 46.6. The van der Waals surface area contributed by atoms with Gasteiger partial charge >= 0.3 is 5.97 Å². The second-order valence-electron chi connectivity index (χ2n) is 10.9. The van der Waals surface area contributed by atoms with Crippen molar-refractivity contribution in [2.75, 3.05) is 31.8 Å². The first-order valence-electron chi connectivity index (χ1n) is 14.5. The van der Waals surface area contributed by atoms with Crippen LogP contribution in [0.1, 0.15) is 60.5 Å². The topological polar surface area (TPSA) is 97.3 Å². The molecule has 3 aromatic carbocycles. The number of benzene rings is 3. The van der Waals surface area contributed by atoms with Crippen LogP contribution in [-0.4, -0.2) is 48.4 Å². The van der Waals surface area contributed by atoms with Crippen LogP contribution in [0.4, 0.5) is 14.5 Å². The number of ether oxygens (including phenoxy) is 3. The maximum atomic E-state index is 15.6. The molecule has 1 amide bonds. The number of likely N-dealkylation sites (tertiary alicyclic amines) is 1. The van der Waals surface area contributed by atoms with Gasteiger partial charge in [0.2, 0.25) is 18.4 Å². The number of carboxylic acids is 1. The van der Waals surface area contributed by atoms with Gasteiger partial charge in [0.25, 0.3) is 0 Å². The number of carboxylic acid groups (broad SMARTS) is 1. The highest BCUT2D eigenvalue weighted by Gasteiger charge is 2.49. The number of carbonyl (C=O) groups is 2. The lowest BCUT2D eigenvalue weighted by atomic mass is 9.82. The van der Waals surface area contributed by atoms with E-state index >= 15 is 4.39 Å². The minimum atomic E-state index is -1.20. The highest BCUT2D eigenvalue weighted by Crippen LogP contribution is 2.49. The van der Waals surface area contributed by atoms with Gasteiger partial charge in [0, 0.05) is 29.8 Å². The maximum absolute atomic E-state index is 15.6. The number of hydrogen-bond acceptors (Lipinski definition) is 6. The summed E-state index contributed by atoms with van der Waals surface area (Å²) in [5, 5.41) is 13.5. The van der Waals surface area contributed by atoms with Gasteiger partial charge in [0.1, 0.15) is 11.6 Å². The fourth-order valence-corrected chi connectivity index (χ4v) is 6.33. The molecule has 5 rings (SSSR count). The Balaban J connectivity index is 1.54. The van der Waals surface area contributed by atoms with Crippen LogP contribution in [0, 0.1) is 24.5 Å². The zero-order chi connectivity index (χ0) is 30.8. The number of amides is 1. The van der Waals surface area contributed by atoms with Crippen molar-refractivity contribution in [3.63, 3.8) is 0 Å². The van der Waals surface area contributed by atoms with E-state index in [-0.39, 0.29) is 42.9 Å². The van der Waals surface area contributed by atoms with E-state index in [1.54, 1.807) is 24.0 Å². The standard InChI is InChI=1S/C33H36F2N2O6/c1-5-19-10-18(4)11-20(6-2)30(19)36-28(38)16-37-15-24(21-12-26(35)32-27(13-21)42-17-43-32)29(33(39)40)31(37)23-9-8-22(41-7-3)14-25(23)34/h8-14,24,29,31H,5-7,15-17H2,1-4H3,(H,36,38)(H,39,40)/t24-,29?,31+/m1/s1. The second kappa shape index (κ2) is 12.6. The predicted octanol–water partition coefficient (Wildman–Crippen LogP) is 6.01. The highest BCUT2D eigenvalue weighted by molar-refractivity contribution is 5.94. The number of hydrogen-bond donors (Lipinski definition) is 2. The molecule has 228 valence electrons. The summed E-state index contributed by atoms with van der Waals surface area (Å²) in [4.78, 5) is 28.1. The monoisotopic (exact) mass is 594 g/mol. The molecule has 0 aromatic heterocycles. The maximum Gasteiger partial charge on any atom is 0.309 e. The van der Waals surface area contributed by atoms with E-state index in [2.05, 4.69) is 5.32 Å². The van der Waals surface area contributed by atoms with E-state index in [0.717, 1.165) is 22.4 Å². The van der Waals surface area contributed by atoms with Crippen molar-refractivity contribution in [3.05, 3.63) is 81.9 Å². The molecule has 2 aliphatic heterocycles. The summed E-state index contributed by atoms with van der Waals surface area (Å²) in [7, 11) is 0. The Kier molecular flexibility index (Phi) is 8.87. The number of anilines is 1. The number of rotatable bonds is 10. The Hall–Kier alpha value is -4.18. The number of aryl methyl sites for hydroxylation is 3. The summed E-state index contributed by atoms with van der Waals surface area (Å²) in [6, 6.07) is 10.1. The summed E-state index contributed by atoms with van der Waals surface area (Å²) in [6.45, 7) is 7.87. The molecule has 10 heteroatoms. The van der Waals surface area contributed by atoms with Crippen molar-refractivity contribution < 1.29 is 37.7 Å². The summed E-state index contributed by atoms with van der Waals surface area (Å²) in [6.07, 6.45) is 1.43. The van der Waals surface area contributed by atoms with E-state index in [9.17, 15) is 19.1 Å². The Morgan fingerprint density at radius 1 is 1.02 bits per heavy atom. The van der Waals surface area contributed by atoms with Crippen LogP contribution in [-0.2, 0) is 22.4 Å². The third-order valence-electron chi connectivity index (χ3n) is 8.18. The third kappa shape index (κ3) is 6.01. The minimum Gasteiger partial charge on any atom is -0.494 e. The molecule has 1 unspecified atom stereocenters. The molecule has 1 fully saturated rings. The molecule has 3 atom stereocenters. The van der Waals surface area contributed by atoms with Gasteiger partial charge in [-0.1, -0.05) is 37.6 Å². The minimum absolute atomic E-state index is 0.0319. The van der Waals surface area contributed by atoms with E-state index in [1.165, 1.54) is 18.2 Å². The van der Waals surface area contributed by atoms with Crippen molar-refractivity contribution in [2.24, 2.45) is 5.92 Å². The van der Waals surface area contributed by atoms with Crippen LogP contribution >= 0.6 is 0 Å². The highest BCUT2D eigenvalue weighted by atomic mass is 19.1. The molecule has 2 aliphatic rings.